The summed E-state index contributed by atoms with van der Waals surface area (Å²) < 4.78 is 4.99. The Morgan fingerprint density at radius 1 is 1.19 bits per heavy atom. The maximum atomic E-state index is 13.0. The van der Waals surface area contributed by atoms with Crippen molar-refractivity contribution in [2.45, 2.75) is 31.5 Å². The van der Waals surface area contributed by atoms with E-state index in [1.807, 2.05) is 18.2 Å². The molecule has 3 aromatic heterocycles. The molecule has 3 N–H and O–H groups in total. The predicted octanol–water partition coefficient (Wildman–Crippen LogP) is 2.11. The van der Waals surface area contributed by atoms with E-state index in [1.165, 1.54) is 17.1 Å². The molecule has 6 rings (SSSR count). The number of amides is 1. The van der Waals surface area contributed by atoms with Crippen LogP contribution < -0.4 is 5.32 Å². The topological polar surface area (TPSA) is 124 Å². The molecule has 4 heterocycles. The van der Waals surface area contributed by atoms with Crippen LogP contribution in [0.4, 0.5) is 11.5 Å². The van der Waals surface area contributed by atoms with Gasteiger partial charge in [0.15, 0.2) is 0 Å². The third-order valence-electron chi connectivity index (χ3n) is 6.28. The maximum absolute atomic E-state index is 13.0. The molecule has 2 aliphatic rings. The number of fused-ring (bicyclic) bond motifs is 4. The number of benzene rings is 1. The van der Waals surface area contributed by atoms with Gasteiger partial charge in [0.25, 0.3) is 0 Å². The van der Waals surface area contributed by atoms with E-state index < -0.39 is 12.2 Å². The van der Waals surface area contributed by atoms with E-state index in [0.717, 1.165) is 49.7 Å². The lowest BCUT2D eigenvalue weighted by Gasteiger charge is -2.26. The fraction of sp³-hybridized carbons (Fsp3) is 0.381. The van der Waals surface area contributed by atoms with Crippen molar-refractivity contribution >= 4 is 60.7 Å². The number of aryl methyl sites for hydroxylation is 1. The first-order valence-corrected chi connectivity index (χ1v) is 12.0. The summed E-state index contributed by atoms with van der Waals surface area (Å²) in [6, 6.07) is 5.91. The molecule has 3 atom stereocenters. The normalized spacial score (nSPS) is 23.1. The van der Waals surface area contributed by atoms with Crippen LogP contribution in [0, 0.1) is 5.92 Å². The fourth-order valence-corrected chi connectivity index (χ4v) is 6.48. The number of β-amino-alcohol motifs (C(OH)–C–C–N with tert-alkyl or cyclic N) is 2. The summed E-state index contributed by atoms with van der Waals surface area (Å²) in [5, 5.41) is 28.1. The average molecular weight is 469 g/mol. The maximum Gasteiger partial charge on any atom is 0.226 e. The van der Waals surface area contributed by atoms with Crippen LogP contribution in [0.25, 0.3) is 20.4 Å². The molecule has 9 nitrogen and oxygen atoms in total. The lowest BCUT2D eigenvalue weighted by atomic mass is 9.87. The van der Waals surface area contributed by atoms with Gasteiger partial charge in [0, 0.05) is 29.6 Å². The third-order valence-corrected chi connectivity index (χ3v) is 8.12. The van der Waals surface area contributed by atoms with Crippen LogP contribution in [0.5, 0.6) is 0 Å². The summed E-state index contributed by atoms with van der Waals surface area (Å²) in [7, 11) is 0. The lowest BCUT2D eigenvalue weighted by molar-refractivity contribution is -0.135. The molecular formula is C21H20N6O3S2. The summed E-state index contributed by atoms with van der Waals surface area (Å²) in [6.07, 6.45) is 2.00. The number of thiophene rings is 1. The van der Waals surface area contributed by atoms with Gasteiger partial charge in [-0.05, 0) is 54.6 Å². The molecule has 1 aromatic carbocycles. The van der Waals surface area contributed by atoms with E-state index in [1.54, 1.807) is 22.6 Å². The molecule has 1 aliphatic carbocycles. The number of likely N-dealkylation sites (tertiary alicyclic amines) is 1. The van der Waals surface area contributed by atoms with Crippen LogP contribution in [0.1, 0.15) is 16.9 Å². The van der Waals surface area contributed by atoms with Crippen molar-refractivity contribution in [1.82, 2.24) is 24.5 Å². The van der Waals surface area contributed by atoms with Gasteiger partial charge in [0.2, 0.25) is 5.91 Å². The number of hydrogen-bond acceptors (Lipinski definition) is 10. The predicted molar refractivity (Wildman–Crippen MR) is 122 cm³/mol. The van der Waals surface area contributed by atoms with Gasteiger partial charge in [-0.3, -0.25) is 4.79 Å². The minimum Gasteiger partial charge on any atom is -0.388 e. The number of carbonyl (C=O) groups excluding carboxylic acids is 1. The molecular weight excluding hydrogens is 448 g/mol. The number of rotatable bonds is 3. The standard InChI is InChI=1S/C21H20N6O3S2/c28-14-7-27(8-15(14)29)21(30)10-1-3-12-16(5-10)31-20-18(12)19(22-9-23-20)24-11-2-4-13-17(6-11)32-26-25-13/h2,4,6,9-10,14-15,28-29H,1,3,5,7-8H2,(H,22,23,24)/t10-,14+,15+/m0/s1. The van der Waals surface area contributed by atoms with Crippen LogP contribution in [-0.4, -0.2) is 65.9 Å². The second kappa shape index (κ2) is 7.69. The summed E-state index contributed by atoms with van der Waals surface area (Å²) in [4.78, 5) is 25.6. The highest BCUT2D eigenvalue weighted by Gasteiger charge is 2.37. The Balaban J connectivity index is 1.28. The van der Waals surface area contributed by atoms with Gasteiger partial charge in [-0.15, -0.1) is 16.4 Å². The number of anilines is 2. The SMILES string of the molecule is O=C([C@H]1CCc2c(sc3ncnc(Nc4ccc5nnsc5c4)c23)C1)N1C[C@@H](O)[C@H](O)C1. The Kier molecular flexibility index (Phi) is 4.79. The highest BCUT2D eigenvalue weighted by molar-refractivity contribution is 7.19. The van der Waals surface area contributed by atoms with Crippen molar-refractivity contribution in [1.29, 1.82) is 0 Å². The Hall–Kier alpha value is -2.73. The van der Waals surface area contributed by atoms with Gasteiger partial charge in [0.1, 0.15) is 22.5 Å². The highest BCUT2D eigenvalue weighted by atomic mass is 32.1. The largest absolute Gasteiger partial charge is 0.388 e. The fourth-order valence-electron chi connectivity index (χ4n) is 4.62. The molecule has 0 spiro atoms. The molecule has 1 amide bonds. The minimum atomic E-state index is -0.855. The van der Waals surface area contributed by atoms with E-state index >= 15 is 0 Å². The van der Waals surface area contributed by atoms with Gasteiger partial charge in [-0.2, -0.15) is 0 Å². The van der Waals surface area contributed by atoms with E-state index in [4.69, 9.17) is 0 Å². The first kappa shape index (κ1) is 19.9. The zero-order chi connectivity index (χ0) is 21.8. The molecule has 0 unspecified atom stereocenters. The molecule has 0 radical (unpaired) electrons. The number of nitrogens with zero attached hydrogens (tertiary/aromatic N) is 5. The Morgan fingerprint density at radius 2 is 2.03 bits per heavy atom. The quantitative estimate of drug-likeness (QED) is 0.418. The van der Waals surface area contributed by atoms with Crippen LogP contribution in [0.3, 0.4) is 0 Å². The van der Waals surface area contributed by atoms with Crippen molar-refractivity contribution in [3.8, 4) is 0 Å². The highest BCUT2D eigenvalue weighted by Crippen LogP contribution is 2.41. The minimum absolute atomic E-state index is 0.0135. The molecule has 0 bridgehead atoms. The Morgan fingerprint density at radius 3 is 2.88 bits per heavy atom. The number of aliphatic hydroxyl groups is 2. The van der Waals surface area contributed by atoms with Crippen LogP contribution >= 0.6 is 22.9 Å². The molecule has 32 heavy (non-hydrogen) atoms. The zero-order valence-corrected chi connectivity index (χ0v) is 18.6. The number of carbonyl (C=O) groups is 1. The molecule has 11 heteroatoms. The van der Waals surface area contributed by atoms with Gasteiger partial charge >= 0.3 is 0 Å². The summed E-state index contributed by atoms with van der Waals surface area (Å²) in [5.41, 5.74) is 2.99. The zero-order valence-electron chi connectivity index (χ0n) is 16.9. The van der Waals surface area contributed by atoms with Crippen molar-refractivity contribution in [2.75, 3.05) is 18.4 Å². The smallest absolute Gasteiger partial charge is 0.226 e. The number of nitrogens with one attached hydrogen (secondary N) is 1. The van der Waals surface area contributed by atoms with Crippen molar-refractivity contribution in [3.05, 3.63) is 35.0 Å². The third kappa shape index (κ3) is 3.32. The summed E-state index contributed by atoms with van der Waals surface area (Å²) in [5.74, 6) is 0.637. The van der Waals surface area contributed by atoms with Crippen molar-refractivity contribution in [2.24, 2.45) is 5.92 Å². The van der Waals surface area contributed by atoms with Gasteiger partial charge in [-0.25, -0.2) is 9.97 Å². The molecule has 4 aromatic rings. The molecule has 1 fully saturated rings. The van der Waals surface area contributed by atoms with Crippen LogP contribution in [0.2, 0.25) is 0 Å². The number of aliphatic hydroxyl groups excluding tert-OH is 2. The van der Waals surface area contributed by atoms with Gasteiger partial charge < -0.3 is 20.4 Å². The van der Waals surface area contributed by atoms with E-state index in [-0.39, 0.29) is 24.9 Å². The first-order chi connectivity index (χ1) is 15.6. The first-order valence-electron chi connectivity index (χ1n) is 10.5. The Labute approximate surface area is 190 Å². The van der Waals surface area contributed by atoms with Gasteiger partial charge in [-0.1, -0.05) is 4.49 Å². The van der Waals surface area contributed by atoms with E-state index in [2.05, 4.69) is 24.9 Å². The molecule has 0 saturated carbocycles. The van der Waals surface area contributed by atoms with Crippen molar-refractivity contribution < 1.29 is 15.0 Å². The summed E-state index contributed by atoms with van der Waals surface area (Å²) in [6.45, 7) is 0.407. The van der Waals surface area contributed by atoms with Crippen LogP contribution in [0.15, 0.2) is 24.5 Å². The lowest BCUT2D eigenvalue weighted by Crippen LogP contribution is -2.37. The number of aromatic nitrogens is 4. The number of hydrogen-bond donors (Lipinski definition) is 3. The average Bonchev–Trinajstić information content (AvgIpc) is 3.49. The van der Waals surface area contributed by atoms with E-state index in [0.29, 0.717) is 6.42 Å². The second-order valence-corrected chi connectivity index (χ2v) is 10.2. The van der Waals surface area contributed by atoms with Gasteiger partial charge in [0.05, 0.1) is 22.3 Å². The van der Waals surface area contributed by atoms with Crippen molar-refractivity contribution in [3.63, 3.8) is 0 Å². The summed E-state index contributed by atoms with van der Waals surface area (Å²) >= 11 is 2.97. The molecule has 1 saturated heterocycles. The molecule has 1 aliphatic heterocycles. The van der Waals surface area contributed by atoms with Crippen LogP contribution in [-0.2, 0) is 17.6 Å². The Bertz CT molecular complexity index is 1330. The monoisotopic (exact) mass is 468 g/mol. The van der Waals surface area contributed by atoms with E-state index in [9.17, 15) is 15.0 Å². The second-order valence-electron chi connectivity index (χ2n) is 8.30. The molecule has 164 valence electrons.